The fraction of sp³-hybridized carbons (Fsp3) is 1.00. The third-order valence-corrected chi connectivity index (χ3v) is 8.28. The average molecular weight is 465 g/mol. The van der Waals surface area contributed by atoms with Crippen molar-refractivity contribution in [2.45, 2.75) is 189 Å². The van der Waals surface area contributed by atoms with Crippen molar-refractivity contribution in [2.75, 3.05) is 0 Å². The van der Waals surface area contributed by atoms with E-state index in [2.05, 4.69) is 41.5 Å². The van der Waals surface area contributed by atoms with Gasteiger partial charge in [-0.25, -0.2) is 0 Å². The Morgan fingerprint density at radius 1 is 0.273 bits per heavy atom. The van der Waals surface area contributed by atoms with Crippen molar-refractivity contribution in [3.63, 3.8) is 0 Å². The summed E-state index contributed by atoms with van der Waals surface area (Å²) in [6.45, 7) is 14.6. The summed E-state index contributed by atoms with van der Waals surface area (Å²) in [5, 5.41) is 0. The number of hydrogen-bond acceptors (Lipinski definition) is 0. The SMILES string of the molecule is CCCCCCCCCCC(C)CCCCCC(C)CCCC(C)CCCC(C)CCCC. The lowest BCUT2D eigenvalue weighted by Gasteiger charge is -2.16. The third-order valence-electron chi connectivity index (χ3n) is 8.28. The van der Waals surface area contributed by atoms with Gasteiger partial charge in [0, 0.05) is 0 Å². The minimum atomic E-state index is 0.943. The van der Waals surface area contributed by atoms with Crippen LogP contribution in [0.4, 0.5) is 0 Å². The molecule has 0 N–H and O–H groups in total. The molecule has 0 aliphatic heterocycles. The maximum absolute atomic E-state index is 2.50. The Kier molecular flexibility index (Phi) is 25.1. The summed E-state index contributed by atoms with van der Waals surface area (Å²) < 4.78 is 0. The molecule has 0 nitrogen and oxygen atoms in total. The van der Waals surface area contributed by atoms with Gasteiger partial charge in [-0.3, -0.25) is 0 Å². The first-order valence-electron chi connectivity index (χ1n) is 16.0. The van der Waals surface area contributed by atoms with Crippen molar-refractivity contribution < 1.29 is 0 Å². The molecule has 33 heavy (non-hydrogen) atoms. The van der Waals surface area contributed by atoms with Gasteiger partial charge in [0.15, 0.2) is 0 Å². The quantitative estimate of drug-likeness (QED) is 0.112. The van der Waals surface area contributed by atoms with Crippen molar-refractivity contribution in [1.82, 2.24) is 0 Å². The van der Waals surface area contributed by atoms with Crippen LogP contribution in [0.2, 0.25) is 0 Å². The maximum Gasteiger partial charge on any atom is -0.0443 e. The van der Waals surface area contributed by atoms with Crippen molar-refractivity contribution in [3.8, 4) is 0 Å². The molecule has 0 aliphatic carbocycles. The number of unbranched alkanes of at least 4 members (excludes halogenated alkanes) is 10. The molecule has 0 radical (unpaired) electrons. The normalized spacial score (nSPS) is 15.5. The molecule has 0 fully saturated rings. The van der Waals surface area contributed by atoms with Gasteiger partial charge >= 0.3 is 0 Å². The van der Waals surface area contributed by atoms with E-state index in [-0.39, 0.29) is 0 Å². The van der Waals surface area contributed by atoms with E-state index in [0.29, 0.717) is 0 Å². The molecule has 0 saturated carbocycles. The van der Waals surface area contributed by atoms with Crippen molar-refractivity contribution in [1.29, 1.82) is 0 Å². The summed E-state index contributed by atoms with van der Waals surface area (Å²) in [5.74, 6) is 3.79. The smallest absolute Gasteiger partial charge is 0.0443 e. The second-order valence-corrected chi connectivity index (χ2v) is 12.3. The van der Waals surface area contributed by atoms with Crippen molar-refractivity contribution >= 4 is 0 Å². The molecule has 0 aliphatic rings. The van der Waals surface area contributed by atoms with Crippen molar-refractivity contribution in [2.24, 2.45) is 23.7 Å². The molecule has 0 aromatic carbocycles. The van der Waals surface area contributed by atoms with Gasteiger partial charge in [0.05, 0.1) is 0 Å². The van der Waals surface area contributed by atoms with Crippen LogP contribution in [0.25, 0.3) is 0 Å². The standard InChI is InChI=1S/C33H68/c1-7-9-11-12-13-14-15-17-23-31(4)24-18-16-19-25-32(5)27-21-29-33(6)28-20-26-30(3)22-10-8-2/h30-33H,7-29H2,1-6H3. The van der Waals surface area contributed by atoms with Gasteiger partial charge in [-0.05, 0) is 23.7 Å². The number of hydrogen-bond donors (Lipinski definition) is 0. The van der Waals surface area contributed by atoms with Gasteiger partial charge in [0.2, 0.25) is 0 Å². The Labute approximate surface area is 212 Å². The van der Waals surface area contributed by atoms with Gasteiger partial charge < -0.3 is 0 Å². The predicted molar refractivity (Wildman–Crippen MR) is 154 cm³/mol. The Morgan fingerprint density at radius 3 is 0.879 bits per heavy atom. The highest BCUT2D eigenvalue weighted by atomic mass is 14.1. The molecule has 4 atom stereocenters. The van der Waals surface area contributed by atoms with Crippen LogP contribution in [-0.4, -0.2) is 0 Å². The van der Waals surface area contributed by atoms with Crippen LogP contribution < -0.4 is 0 Å². The van der Waals surface area contributed by atoms with Crippen LogP contribution in [0.1, 0.15) is 189 Å². The van der Waals surface area contributed by atoms with E-state index in [0.717, 1.165) is 23.7 Å². The predicted octanol–water partition coefficient (Wildman–Crippen LogP) is 12.5. The summed E-state index contributed by atoms with van der Waals surface area (Å²) in [4.78, 5) is 0. The average Bonchev–Trinajstić information content (AvgIpc) is 2.79. The molecular formula is C33H68. The largest absolute Gasteiger partial charge is 0.0654 e. The summed E-state index contributed by atoms with van der Waals surface area (Å²) in [5.41, 5.74) is 0. The van der Waals surface area contributed by atoms with E-state index >= 15 is 0 Å². The van der Waals surface area contributed by atoms with Gasteiger partial charge in [-0.2, -0.15) is 0 Å². The van der Waals surface area contributed by atoms with Gasteiger partial charge in [0.1, 0.15) is 0 Å². The Hall–Kier alpha value is 0. The fourth-order valence-electron chi connectivity index (χ4n) is 5.55. The minimum absolute atomic E-state index is 0.943. The maximum atomic E-state index is 2.50. The van der Waals surface area contributed by atoms with Gasteiger partial charge in [-0.15, -0.1) is 0 Å². The molecule has 0 heterocycles. The molecule has 0 bridgehead atoms. The van der Waals surface area contributed by atoms with Gasteiger partial charge in [0.25, 0.3) is 0 Å². The van der Waals surface area contributed by atoms with E-state index < -0.39 is 0 Å². The topological polar surface area (TPSA) is 0 Å². The van der Waals surface area contributed by atoms with Crippen LogP contribution in [0.5, 0.6) is 0 Å². The van der Waals surface area contributed by atoms with Crippen molar-refractivity contribution in [3.05, 3.63) is 0 Å². The highest BCUT2D eigenvalue weighted by molar-refractivity contribution is 4.61. The van der Waals surface area contributed by atoms with E-state index in [9.17, 15) is 0 Å². The van der Waals surface area contributed by atoms with Crippen LogP contribution in [0.15, 0.2) is 0 Å². The first-order chi connectivity index (χ1) is 16.0. The Morgan fingerprint density at radius 2 is 0.515 bits per heavy atom. The van der Waals surface area contributed by atoms with Crippen LogP contribution in [-0.2, 0) is 0 Å². The summed E-state index contributed by atoms with van der Waals surface area (Å²) in [7, 11) is 0. The fourth-order valence-corrected chi connectivity index (χ4v) is 5.55. The second kappa shape index (κ2) is 25.1. The first-order valence-corrected chi connectivity index (χ1v) is 16.0. The van der Waals surface area contributed by atoms with Crippen LogP contribution in [0.3, 0.4) is 0 Å². The Bertz CT molecular complexity index is 359. The molecular weight excluding hydrogens is 396 g/mol. The molecule has 200 valence electrons. The second-order valence-electron chi connectivity index (χ2n) is 12.3. The monoisotopic (exact) mass is 465 g/mol. The van der Waals surface area contributed by atoms with Crippen LogP contribution >= 0.6 is 0 Å². The highest BCUT2D eigenvalue weighted by Gasteiger charge is 2.08. The third kappa shape index (κ3) is 24.9. The zero-order valence-electron chi connectivity index (χ0n) is 24.6. The highest BCUT2D eigenvalue weighted by Crippen LogP contribution is 2.24. The van der Waals surface area contributed by atoms with Crippen LogP contribution in [0, 0.1) is 23.7 Å². The van der Waals surface area contributed by atoms with E-state index in [4.69, 9.17) is 0 Å². The summed E-state index contributed by atoms with van der Waals surface area (Å²) >= 11 is 0. The Balaban J connectivity index is 3.44. The molecule has 0 rings (SSSR count). The lowest BCUT2D eigenvalue weighted by molar-refractivity contribution is 0.372. The van der Waals surface area contributed by atoms with E-state index in [1.807, 2.05) is 0 Å². The molecule has 0 saturated heterocycles. The molecule has 4 unspecified atom stereocenters. The summed E-state index contributed by atoms with van der Waals surface area (Å²) in [6.07, 6.45) is 33.5. The lowest BCUT2D eigenvalue weighted by atomic mass is 9.90. The summed E-state index contributed by atoms with van der Waals surface area (Å²) in [6, 6.07) is 0. The molecule has 0 aromatic rings. The zero-order valence-corrected chi connectivity index (χ0v) is 24.6. The molecule has 0 amide bonds. The molecule has 0 heteroatoms. The first kappa shape index (κ1) is 33.0. The zero-order chi connectivity index (χ0) is 24.6. The molecule has 0 aromatic heterocycles. The lowest BCUT2D eigenvalue weighted by Crippen LogP contribution is -2.01. The van der Waals surface area contributed by atoms with E-state index in [1.165, 1.54) is 148 Å². The van der Waals surface area contributed by atoms with Gasteiger partial charge in [-0.1, -0.05) is 189 Å². The molecule has 0 spiro atoms. The number of rotatable bonds is 26. The minimum Gasteiger partial charge on any atom is -0.0654 e. The van der Waals surface area contributed by atoms with E-state index in [1.54, 1.807) is 0 Å².